The fourth-order valence-electron chi connectivity index (χ4n) is 4.05. The number of carbonyl (C=O) groups is 1. The zero-order valence-electron chi connectivity index (χ0n) is 23.0. The van der Waals surface area contributed by atoms with Crippen molar-refractivity contribution in [2.45, 2.75) is 34.1 Å². The zero-order valence-corrected chi connectivity index (χ0v) is 23.0. The van der Waals surface area contributed by atoms with Crippen molar-refractivity contribution in [2.24, 2.45) is 5.41 Å². The van der Waals surface area contributed by atoms with Crippen LogP contribution in [0, 0.1) is 17.7 Å². The van der Waals surface area contributed by atoms with Crippen LogP contribution in [0.2, 0.25) is 0 Å². The molecule has 2 aromatic heterocycles. The second-order valence-corrected chi connectivity index (χ2v) is 10.8. The summed E-state index contributed by atoms with van der Waals surface area (Å²) in [6.45, 7) is 10.9. The van der Waals surface area contributed by atoms with Crippen LogP contribution in [0.1, 0.15) is 43.1 Å². The highest BCUT2D eigenvalue weighted by Crippen LogP contribution is 2.28. The molecule has 12 nitrogen and oxygen atoms in total. The van der Waals surface area contributed by atoms with Crippen molar-refractivity contribution in [2.75, 3.05) is 49.2 Å². The van der Waals surface area contributed by atoms with Crippen LogP contribution in [-0.4, -0.2) is 74.9 Å². The van der Waals surface area contributed by atoms with Crippen LogP contribution < -0.4 is 21.3 Å². The molecule has 0 spiro atoms. The average molecular weight is 533 g/mol. The fraction of sp³-hybridized carbons (Fsp3) is 0.407. The number of benzene rings is 1. The van der Waals surface area contributed by atoms with Crippen LogP contribution in [0.4, 0.5) is 23.3 Å². The van der Waals surface area contributed by atoms with Gasteiger partial charge in [-0.2, -0.15) is 4.98 Å². The number of likely N-dealkylation sites (N-methyl/N-ethyl adjacent to an activating group) is 1. The number of amides is 1. The summed E-state index contributed by atoms with van der Waals surface area (Å²) < 4.78 is 0. The summed E-state index contributed by atoms with van der Waals surface area (Å²) in [5.74, 6) is 0.560. The monoisotopic (exact) mass is 532 g/mol. The maximum absolute atomic E-state index is 12.9. The minimum absolute atomic E-state index is 0.00234. The van der Waals surface area contributed by atoms with Crippen LogP contribution in [0.15, 0.2) is 36.4 Å². The largest absolute Gasteiger partial charge is 0.512 e. The standard InChI is InChI=1S/C27H36N10O2/c1-16-7-8-17(25(39)33-20(28)14-19(38)27(2,3)4)13-18(16)32-24-22-21(30-15-31-24)23(29)35-26(34-22)37-10-6-9-36(5)11-12-37/h7-8,13-15,38H,6,9-12H2,1-5H3,(H2,28,33,39)(H2,29,34,35)(H,30,31,32)/b19-14-. The van der Waals surface area contributed by atoms with Gasteiger partial charge in [0.2, 0.25) is 5.95 Å². The third-order valence-corrected chi connectivity index (χ3v) is 6.55. The molecule has 1 amide bonds. The van der Waals surface area contributed by atoms with E-state index >= 15 is 0 Å². The number of carbonyl (C=O) groups excluding carboxylic acids is 1. The van der Waals surface area contributed by atoms with E-state index in [2.05, 4.69) is 42.4 Å². The Morgan fingerprint density at radius 1 is 1.13 bits per heavy atom. The molecule has 0 bridgehead atoms. The molecule has 0 atom stereocenters. The number of nitrogens with one attached hydrogen (secondary N) is 3. The molecule has 0 saturated carbocycles. The van der Waals surface area contributed by atoms with Crippen molar-refractivity contribution >= 4 is 46.0 Å². The van der Waals surface area contributed by atoms with E-state index in [1.54, 1.807) is 18.2 Å². The van der Waals surface area contributed by atoms with Gasteiger partial charge in [0.15, 0.2) is 11.6 Å². The number of amidine groups is 1. The van der Waals surface area contributed by atoms with Gasteiger partial charge in [0.05, 0.1) is 0 Å². The maximum atomic E-state index is 12.9. The summed E-state index contributed by atoms with van der Waals surface area (Å²) in [6, 6.07) is 5.15. The van der Waals surface area contributed by atoms with Crippen LogP contribution in [-0.2, 0) is 0 Å². The SMILES string of the molecule is Cc1ccc(C(=O)NC(=N)/C=C(\O)C(C)(C)C)cc1Nc1ncnc2c(N)nc(N3CCCN(C)CC3)nc12. The number of aliphatic hydroxyl groups is 1. The zero-order chi connectivity index (χ0) is 28.3. The number of anilines is 4. The highest BCUT2D eigenvalue weighted by atomic mass is 16.3. The van der Waals surface area contributed by atoms with Crippen LogP contribution in [0.3, 0.4) is 0 Å². The highest BCUT2D eigenvalue weighted by molar-refractivity contribution is 6.09. The molecule has 0 radical (unpaired) electrons. The van der Waals surface area contributed by atoms with Gasteiger partial charge in [-0.05, 0) is 44.6 Å². The number of aliphatic hydroxyl groups excluding tert-OH is 1. The number of fused-ring (bicyclic) bond motifs is 1. The number of nitrogens with two attached hydrogens (primary N) is 1. The lowest BCUT2D eigenvalue weighted by Gasteiger charge is -2.21. The number of nitrogens with zero attached hydrogens (tertiary/aromatic N) is 6. The van der Waals surface area contributed by atoms with Gasteiger partial charge in [0.1, 0.15) is 29.0 Å². The van der Waals surface area contributed by atoms with Gasteiger partial charge in [0, 0.05) is 42.4 Å². The Morgan fingerprint density at radius 2 is 1.90 bits per heavy atom. The number of allylic oxidation sites excluding steroid dienone is 1. The molecule has 1 aromatic carbocycles. The third kappa shape index (κ3) is 6.58. The van der Waals surface area contributed by atoms with E-state index in [0.717, 1.165) is 38.2 Å². The summed E-state index contributed by atoms with van der Waals surface area (Å²) >= 11 is 0. The molecule has 3 aromatic rings. The lowest BCUT2D eigenvalue weighted by molar-refractivity contribution is 0.0977. The smallest absolute Gasteiger partial charge is 0.256 e. The summed E-state index contributed by atoms with van der Waals surface area (Å²) in [7, 11) is 2.10. The molecule has 0 unspecified atom stereocenters. The first-order chi connectivity index (χ1) is 18.4. The first-order valence-electron chi connectivity index (χ1n) is 12.8. The van der Waals surface area contributed by atoms with Crippen molar-refractivity contribution < 1.29 is 9.90 Å². The summed E-state index contributed by atoms with van der Waals surface area (Å²) in [5.41, 5.74) is 8.52. The van der Waals surface area contributed by atoms with Crippen LogP contribution in [0.25, 0.3) is 11.0 Å². The summed E-state index contributed by atoms with van der Waals surface area (Å²) in [4.78, 5) is 35.3. The van der Waals surface area contributed by atoms with Crippen LogP contribution >= 0.6 is 0 Å². The number of rotatable bonds is 5. The predicted molar refractivity (Wildman–Crippen MR) is 154 cm³/mol. The molecule has 1 saturated heterocycles. The second-order valence-electron chi connectivity index (χ2n) is 10.8. The second kappa shape index (κ2) is 11.2. The Bertz CT molecular complexity index is 1430. The summed E-state index contributed by atoms with van der Waals surface area (Å²) in [6.07, 6.45) is 3.62. The molecule has 1 aliphatic heterocycles. The molecule has 12 heteroatoms. The Kier molecular flexibility index (Phi) is 7.95. The van der Waals surface area contributed by atoms with E-state index in [0.29, 0.717) is 34.1 Å². The Hall–Kier alpha value is -4.32. The lowest BCUT2D eigenvalue weighted by Crippen LogP contribution is -2.30. The minimum atomic E-state index is -0.533. The first kappa shape index (κ1) is 27.7. The Labute approximate surface area is 227 Å². The molecule has 0 aliphatic carbocycles. The van der Waals surface area contributed by atoms with E-state index in [1.165, 1.54) is 12.4 Å². The number of hydrogen-bond acceptors (Lipinski definition) is 11. The van der Waals surface area contributed by atoms with E-state index in [1.807, 2.05) is 27.7 Å². The van der Waals surface area contributed by atoms with Crippen molar-refractivity contribution in [3.8, 4) is 0 Å². The molecular formula is C27H36N10O2. The van der Waals surface area contributed by atoms with Crippen molar-refractivity contribution in [1.29, 1.82) is 5.41 Å². The molecule has 1 aliphatic rings. The van der Waals surface area contributed by atoms with Gasteiger partial charge in [-0.25, -0.2) is 15.0 Å². The van der Waals surface area contributed by atoms with Crippen LogP contribution in [0.5, 0.6) is 0 Å². The molecule has 39 heavy (non-hydrogen) atoms. The predicted octanol–water partition coefficient (Wildman–Crippen LogP) is 3.39. The van der Waals surface area contributed by atoms with Crippen molar-refractivity contribution in [3.63, 3.8) is 0 Å². The highest BCUT2D eigenvalue weighted by Gasteiger charge is 2.20. The molecular weight excluding hydrogens is 496 g/mol. The van der Waals surface area contributed by atoms with Gasteiger partial charge in [0.25, 0.3) is 5.91 Å². The topological polar surface area (TPSA) is 169 Å². The average Bonchev–Trinajstić information content (AvgIpc) is 3.09. The Morgan fingerprint density at radius 3 is 2.64 bits per heavy atom. The fourth-order valence-corrected chi connectivity index (χ4v) is 4.05. The lowest BCUT2D eigenvalue weighted by atomic mass is 9.93. The van der Waals surface area contributed by atoms with Gasteiger partial charge >= 0.3 is 0 Å². The summed E-state index contributed by atoms with van der Waals surface area (Å²) in [5, 5.41) is 24.0. The first-order valence-corrected chi connectivity index (χ1v) is 12.8. The van der Waals surface area contributed by atoms with E-state index in [4.69, 9.17) is 16.1 Å². The van der Waals surface area contributed by atoms with Crippen molar-refractivity contribution in [1.82, 2.24) is 30.2 Å². The van der Waals surface area contributed by atoms with E-state index < -0.39 is 11.3 Å². The normalized spacial score (nSPS) is 15.2. The Balaban J connectivity index is 1.61. The number of aromatic nitrogens is 4. The quantitative estimate of drug-likeness (QED) is 0.186. The number of aryl methyl sites for hydroxylation is 1. The van der Waals surface area contributed by atoms with Gasteiger partial charge in [-0.15, -0.1) is 0 Å². The number of hydrogen-bond donors (Lipinski definition) is 5. The number of nitrogen functional groups attached to an aromatic ring is 1. The van der Waals surface area contributed by atoms with Gasteiger partial charge < -0.3 is 31.3 Å². The molecule has 3 heterocycles. The van der Waals surface area contributed by atoms with E-state index in [9.17, 15) is 9.90 Å². The molecule has 4 rings (SSSR count). The third-order valence-electron chi connectivity index (χ3n) is 6.55. The molecule has 1 fully saturated rings. The van der Waals surface area contributed by atoms with E-state index in [-0.39, 0.29) is 17.4 Å². The molecule has 206 valence electrons. The molecule has 6 N–H and O–H groups in total. The van der Waals surface area contributed by atoms with Crippen molar-refractivity contribution in [3.05, 3.63) is 47.5 Å². The van der Waals surface area contributed by atoms with Gasteiger partial charge in [-0.1, -0.05) is 26.8 Å². The maximum Gasteiger partial charge on any atom is 0.256 e. The van der Waals surface area contributed by atoms with Gasteiger partial charge in [-0.3, -0.25) is 10.2 Å². The minimum Gasteiger partial charge on any atom is -0.512 e.